The lowest BCUT2D eigenvalue weighted by atomic mass is 10.1. The summed E-state index contributed by atoms with van der Waals surface area (Å²) < 4.78 is 5.52. The Hall–Kier alpha value is -1.75. The Bertz CT molecular complexity index is 406. The third-order valence-electron chi connectivity index (χ3n) is 2.59. The maximum Gasteiger partial charge on any atom is 0.240 e. The number of nitrogens with one attached hydrogen (secondary N) is 1. The molecule has 0 saturated heterocycles. The molecule has 1 atom stereocenters. The molecule has 1 unspecified atom stereocenters. The molecule has 86 valence electrons. The number of amides is 1. The van der Waals surface area contributed by atoms with E-state index in [1.807, 2.05) is 0 Å². The summed E-state index contributed by atoms with van der Waals surface area (Å²) in [5.74, 6) is 0.208. The second-order valence-corrected chi connectivity index (χ2v) is 3.69. The molecular weight excluding hydrogens is 208 g/mol. The molecule has 16 heavy (non-hydrogen) atoms. The predicted octanol–water partition coefficient (Wildman–Crippen LogP) is 0.227. The summed E-state index contributed by atoms with van der Waals surface area (Å²) in [5.41, 5.74) is 6.66. The number of aliphatic hydroxyl groups excluding tert-OH is 1. The number of anilines is 1. The van der Waals surface area contributed by atoms with Crippen LogP contribution in [0.4, 0.5) is 5.69 Å². The minimum Gasteiger partial charge on any atom is -0.491 e. The van der Waals surface area contributed by atoms with Gasteiger partial charge in [0.25, 0.3) is 0 Å². The molecule has 0 aliphatic carbocycles. The van der Waals surface area contributed by atoms with Gasteiger partial charge in [-0.2, -0.15) is 0 Å². The molecule has 1 heterocycles. The average molecular weight is 222 g/mol. The highest BCUT2D eigenvalue weighted by atomic mass is 16.5. The van der Waals surface area contributed by atoms with Gasteiger partial charge in [0.2, 0.25) is 5.91 Å². The third-order valence-corrected chi connectivity index (χ3v) is 2.59. The Labute approximate surface area is 93.2 Å². The van der Waals surface area contributed by atoms with Crippen molar-refractivity contribution < 1.29 is 14.6 Å². The number of ether oxygens (including phenoxy) is 1. The molecule has 0 fully saturated rings. The van der Waals surface area contributed by atoms with Crippen LogP contribution in [0.25, 0.3) is 0 Å². The van der Waals surface area contributed by atoms with Crippen molar-refractivity contribution in [3.63, 3.8) is 0 Å². The van der Waals surface area contributed by atoms with E-state index in [1.54, 1.807) is 18.2 Å². The maximum atomic E-state index is 11.1. The topological polar surface area (TPSA) is 84.6 Å². The van der Waals surface area contributed by atoms with Gasteiger partial charge >= 0.3 is 0 Å². The Morgan fingerprint density at radius 3 is 3.12 bits per heavy atom. The van der Waals surface area contributed by atoms with Crippen LogP contribution in [0.5, 0.6) is 5.75 Å². The number of para-hydroxylation sites is 1. The highest BCUT2D eigenvalue weighted by molar-refractivity contribution is 5.84. The van der Waals surface area contributed by atoms with Crippen LogP contribution < -0.4 is 15.8 Å². The van der Waals surface area contributed by atoms with Crippen molar-refractivity contribution in [1.29, 1.82) is 0 Å². The first-order valence-corrected chi connectivity index (χ1v) is 5.13. The van der Waals surface area contributed by atoms with E-state index < -0.39 is 11.9 Å². The zero-order valence-electron chi connectivity index (χ0n) is 8.77. The van der Waals surface area contributed by atoms with Crippen LogP contribution in [0.15, 0.2) is 18.2 Å². The van der Waals surface area contributed by atoms with Crippen molar-refractivity contribution in [3.8, 4) is 5.75 Å². The number of nitrogens with two attached hydrogens (primary N) is 1. The second-order valence-electron chi connectivity index (χ2n) is 3.69. The van der Waals surface area contributed by atoms with Crippen LogP contribution in [-0.2, 0) is 11.4 Å². The molecule has 0 spiro atoms. The molecule has 1 amide bonds. The third kappa shape index (κ3) is 1.94. The fraction of sp³-hybridized carbons (Fsp3) is 0.364. The Morgan fingerprint density at radius 2 is 2.44 bits per heavy atom. The number of hydrogen-bond acceptors (Lipinski definition) is 4. The minimum absolute atomic E-state index is 0.0912. The molecule has 1 aliphatic heterocycles. The second kappa shape index (κ2) is 4.40. The number of rotatable bonds is 2. The molecule has 1 aromatic rings. The lowest BCUT2D eigenvalue weighted by Gasteiger charge is -2.13. The molecule has 4 N–H and O–H groups in total. The zero-order valence-corrected chi connectivity index (χ0v) is 8.77. The number of fused-ring (bicyclic) bond motifs is 1. The molecule has 5 nitrogen and oxygen atoms in total. The van der Waals surface area contributed by atoms with Crippen LogP contribution in [0.2, 0.25) is 0 Å². The van der Waals surface area contributed by atoms with E-state index in [0.717, 1.165) is 0 Å². The van der Waals surface area contributed by atoms with E-state index in [-0.39, 0.29) is 6.61 Å². The molecule has 1 aromatic carbocycles. The predicted molar refractivity (Wildman–Crippen MR) is 59.1 cm³/mol. The van der Waals surface area contributed by atoms with Crippen LogP contribution >= 0.6 is 0 Å². The first-order valence-electron chi connectivity index (χ1n) is 5.13. The lowest BCUT2D eigenvalue weighted by Crippen LogP contribution is -2.35. The summed E-state index contributed by atoms with van der Waals surface area (Å²) in [7, 11) is 0. The van der Waals surface area contributed by atoms with Crippen molar-refractivity contribution in [2.45, 2.75) is 19.1 Å². The molecule has 5 heteroatoms. The minimum atomic E-state index is -0.421. The summed E-state index contributed by atoms with van der Waals surface area (Å²) in [6.45, 7) is 0.316. The van der Waals surface area contributed by atoms with Gasteiger partial charge in [-0.3, -0.25) is 4.79 Å². The molecule has 1 aliphatic rings. The Balaban J connectivity index is 2.34. The summed E-state index contributed by atoms with van der Waals surface area (Å²) in [5, 5.41) is 12.2. The number of primary amides is 1. The monoisotopic (exact) mass is 222 g/mol. The standard InChI is InChI=1S/C11H14N2O3/c12-11(15)9-4-5-16-10-7(6-14)2-1-3-8(10)13-9/h1-3,9,13-14H,4-6H2,(H2,12,15). The van der Waals surface area contributed by atoms with Gasteiger partial charge in [-0.15, -0.1) is 0 Å². The van der Waals surface area contributed by atoms with Gasteiger partial charge < -0.3 is 20.9 Å². The molecule has 0 bridgehead atoms. The fourth-order valence-electron chi connectivity index (χ4n) is 1.75. The van der Waals surface area contributed by atoms with Crippen LogP contribution in [0.3, 0.4) is 0 Å². The van der Waals surface area contributed by atoms with Gasteiger partial charge in [-0.1, -0.05) is 12.1 Å². The smallest absolute Gasteiger partial charge is 0.240 e. The summed E-state index contributed by atoms with van der Waals surface area (Å²) in [6, 6.07) is 4.96. The number of benzene rings is 1. The first kappa shape index (κ1) is 10.8. The number of hydrogen-bond donors (Lipinski definition) is 3. The molecular formula is C11H14N2O3. The van der Waals surface area contributed by atoms with Crippen LogP contribution in [-0.4, -0.2) is 23.7 Å². The van der Waals surface area contributed by atoms with Crippen LogP contribution in [0.1, 0.15) is 12.0 Å². The highest BCUT2D eigenvalue weighted by Gasteiger charge is 2.21. The average Bonchev–Trinajstić information content (AvgIpc) is 2.50. The SMILES string of the molecule is NC(=O)C1CCOc2c(CO)cccc2N1. The molecule has 2 rings (SSSR count). The van der Waals surface area contributed by atoms with Crippen molar-refractivity contribution >= 4 is 11.6 Å². The van der Waals surface area contributed by atoms with E-state index in [9.17, 15) is 4.79 Å². The van der Waals surface area contributed by atoms with E-state index >= 15 is 0 Å². The van der Waals surface area contributed by atoms with Crippen LogP contribution in [0, 0.1) is 0 Å². The van der Waals surface area contributed by atoms with Gasteiger partial charge in [0.15, 0.2) is 0 Å². The van der Waals surface area contributed by atoms with E-state index in [2.05, 4.69) is 5.32 Å². The van der Waals surface area contributed by atoms with Crippen molar-refractivity contribution in [3.05, 3.63) is 23.8 Å². The zero-order chi connectivity index (χ0) is 11.5. The maximum absolute atomic E-state index is 11.1. The highest BCUT2D eigenvalue weighted by Crippen LogP contribution is 2.31. The van der Waals surface area contributed by atoms with Gasteiger partial charge in [0.05, 0.1) is 18.9 Å². The number of carbonyl (C=O) groups is 1. The number of carbonyl (C=O) groups excluding carboxylic acids is 1. The fourth-order valence-corrected chi connectivity index (χ4v) is 1.75. The summed E-state index contributed by atoms with van der Waals surface area (Å²) >= 11 is 0. The van der Waals surface area contributed by atoms with Gasteiger partial charge in [-0.05, 0) is 6.07 Å². The Kier molecular flexibility index (Phi) is 2.96. The van der Waals surface area contributed by atoms with Gasteiger partial charge in [0.1, 0.15) is 11.8 Å². The van der Waals surface area contributed by atoms with E-state index in [1.165, 1.54) is 0 Å². The molecule has 0 saturated carbocycles. The molecule has 0 radical (unpaired) electrons. The summed E-state index contributed by atoms with van der Waals surface area (Å²) in [6.07, 6.45) is 0.523. The largest absolute Gasteiger partial charge is 0.491 e. The van der Waals surface area contributed by atoms with Crippen molar-refractivity contribution in [2.75, 3.05) is 11.9 Å². The normalized spacial score (nSPS) is 18.9. The summed E-state index contributed by atoms with van der Waals surface area (Å²) in [4.78, 5) is 11.1. The lowest BCUT2D eigenvalue weighted by molar-refractivity contribution is -0.118. The van der Waals surface area contributed by atoms with Gasteiger partial charge in [0, 0.05) is 12.0 Å². The number of aliphatic hydroxyl groups is 1. The van der Waals surface area contributed by atoms with Crippen molar-refractivity contribution in [2.24, 2.45) is 5.73 Å². The Morgan fingerprint density at radius 1 is 1.62 bits per heavy atom. The first-order chi connectivity index (χ1) is 7.72. The molecule has 0 aromatic heterocycles. The van der Waals surface area contributed by atoms with Gasteiger partial charge in [-0.25, -0.2) is 0 Å². The quantitative estimate of drug-likeness (QED) is 0.668. The van der Waals surface area contributed by atoms with E-state index in [0.29, 0.717) is 30.0 Å². The van der Waals surface area contributed by atoms with Crippen molar-refractivity contribution in [1.82, 2.24) is 0 Å². The van der Waals surface area contributed by atoms with E-state index in [4.69, 9.17) is 15.6 Å².